The molecular weight excluding hydrogens is 508 g/mol. The molecule has 5 rings (SSSR count). The minimum atomic E-state index is -0.00765. The third-order valence-corrected chi connectivity index (χ3v) is 6.89. The molecule has 0 spiro atoms. The summed E-state index contributed by atoms with van der Waals surface area (Å²) in [5, 5.41) is 27.2. The smallest absolute Gasteiger partial charge is 0.248 e. The number of aromatic nitrogens is 4. The third-order valence-electron chi connectivity index (χ3n) is 6.49. The maximum Gasteiger partial charge on any atom is 0.248 e. The highest BCUT2D eigenvalue weighted by atomic mass is 35.5. The van der Waals surface area contributed by atoms with Crippen LogP contribution in [0, 0.1) is 10.8 Å². The van der Waals surface area contributed by atoms with Gasteiger partial charge in [0.25, 0.3) is 0 Å². The minimum Gasteiger partial charge on any atom is -0.372 e. The largest absolute Gasteiger partial charge is 0.372 e. The van der Waals surface area contributed by atoms with Crippen LogP contribution in [-0.4, -0.2) is 88.3 Å². The van der Waals surface area contributed by atoms with Crippen LogP contribution in [0.25, 0.3) is 5.65 Å². The van der Waals surface area contributed by atoms with Gasteiger partial charge in [0, 0.05) is 51.3 Å². The number of piperazine rings is 1. The van der Waals surface area contributed by atoms with E-state index in [0.717, 1.165) is 24.9 Å². The summed E-state index contributed by atoms with van der Waals surface area (Å²) in [6.07, 6.45) is 7.06. The van der Waals surface area contributed by atoms with Crippen LogP contribution in [0.1, 0.15) is 37.4 Å². The molecule has 1 saturated heterocycles. The highest BCUT2D eigenvalue weighted by Gasteiger charge is 2.26. The van der Waals surface area contributed by atoms with Crippen LogP contribution in [0.15, 0.2) is 18.3 Å². The van der Waals surface area contributed by atoms with Gasteiger partial charge < -0.3 is 36.0 Å². The van der Waals surface area contributed by atoms with Gasteiger partial charge >= 0.3 is 0 Å². The SMILES string of the molecule is CCCOCC(=O)N1CCN(c2cc(C=N)cc(Nc3nc(NC4CC4)c4ncc(C=N)n4n3)c2Cl)CC1. The average Bonchev–Trinajstić information content (AvgIpc) is 3.65. The molecule has 2 aromatic heterocycles. The molecule has 3 aromatic rings. The number of ether oxygens (including phenoxy) is 1. The molecule has 0 bridgehead atoms. The van der Waals surface area contributed by atoms with Crippen LogP contribution in [0.5, 0.6) is 0 Å². The van der Waals surface area contributed by atoms with E-state index >= 15 is 0 Å². The molecule has 12 nitrogen and oxygen atoms in total. The number of amides is 1. The van der Waals surface area contributed by atoms with Gasteiger partial charge in [0.1, 0.15) is 12.3 Å². The van der Waals surface area contributed by atoms with E-state index in [2.05, 4.69) is 30.6 Å². The monoisotopic (exact) mass is 538 g/mol. The summed E-state index contributed by atoms with van der Waals surface area (Å²) in [6, 6.07) is 3.99. The van der Waals surface area contributed by atoms with Crippen molar-refractivity contribution in [1.29, 1.82) is 10.8 Å². The molecule has 0 atom stereocenters. The summed E-state index contributed by atoms with van der Waals surface area (Å²) in [5.74, 6) is 0.868. The van der Waals surface area contributed by atoms with Crippen molar-refractivity contribution in [2.24, 2.45) is 0 Å². The Morgan fingerprint density at radius 1 is 1.21 bits per heavy atom. The normalized spacial score (nSPS) is 15.5. The van der Waals surface area contributed by atoms with Crippen LogP contribution in [0.4, 0.5) is 23.1 Å². The van der Waals surface area contributed by atoms with Crippen molar-refractivity contribution in [2.75, 3.05) is 54.9 Å². The van der Waals surface area contributed by atoms with Crippen molar-refractivity contribution in [3.05, 3.63) is 34.6 Å². The summed E-state index contributed by atoms with van der Waals surface area (Å²) in [7, 11) is 0. The number of benzene rings is 1. The molecule has 1 aromatic carbocycles. The molecule has 0 unspecified atom stereocenters. The first kappa shape index (κ1) is 25.9. The molecule has 200 valence electrons. The van der Waals surface area contributed by atoms with E-state index in [9.17, 15) is 4.79 Å². The average molecular weight is 539 g/mol. The van der Waals surface area contributed by atoms with Crippen molar-refractivity contribution in [3.8, 4) is 0 Å². The Labute approximate surface area is 225 Å². The first-order valence-electron chi connectivity index (χ1n) is 12.7. The first-order valence-corrected chi connectivity index (χ1v) is 13.1. The summed E-state index contributed by atoms with van der Waals surface area (Å²) in [6.45, 7) is 5.02. The maximum atomic E-state index is 12.4. The van der Waals surface area contributed by atoms with Gasteiger partial charge in [-0.2, -0.15) is 4.98 Å². The second kappa shape index (κ2) is 11.3. The number of imidazole rings is 1. The summed E-state index contributed by atoms with van der Waals surface area (Å²) in [5.41, 5.74) is 3.07. The number of hydrogen-bond acceptors (Lipinski definition) is 10. The van der Waals surface area contributed by atoms with Gasteiger partial charge in [0.2, 0.25) is 11.9 Å². The Balaban J connectivity index is 1.38. The molecule has 1 saturated carbocycles. The van der Waals surface area contributed by atoms with Gasteiger partial charge in [-0.25, -0.2) is 9.50 Å². The van der Waals surface area contributed by atoms with Crippen LogP contribution in [0.2, 0.25) is 5.02 Å². The molecule has 1 aliphatic carbocycles. The van der Waals surface area contributed by atoms with Crippen LogP contribution >= 0.6 is 11.6 Å². The second-order valence-corrected chi connectivity index (χ2v) is 9.73. The van der Waals surface area contributed by atoms with E-state index in [1.165, 1.54) is 12.4 Å². The van der Waals surface area contributed by atoms with E-state index in [1.807, 2.05) is 17.9 Å². The summed E-state index contributed by atoms with van der Waals surface area (Å²) in [4.78, 5) is 25.4. The fraction of sp³-hybridized carbons (Fsp3) is 0.440. The molecule has 2 aliphatic rings. The Bertz CT molecular complexity index is 1350. The highest BCUT2D eigenvalue weighted by molar-refractivity contribution is 6.36. The van der Waals surface area contributed by atoms with Crippen molar-refractivity contribution in [1.82, 2.24) is 24.5 Å². The van der Waals surface area contributed by atoms with E-state index in [-0.39, 0.29) is 12.5 Å². The molecule has 3 heterocycles. The number of carbonyl (C=O) groups excluding carboxylic acids is 1. The number of nitrogens with one attached hydrogen (secondary N) is 4. The molecule has 38 heavy (non-hydrogen) atoms. The van der Waals surface area contributed by atoms with Crippen molar-refractivity contribution in [2.45, 2.75) is 32.2 Å². The lowest BCUT2D eigenvalue weighted by Crippen LogP contribution is -2.50. The number of nitrogens with zero attached hydrogens (tertiary/aromatic N) is 6. The lowest BCUT2D eigenvalue weighted by Gasteiger charge is -2.36. The summed E-state index contributed by atoms with van der Waals surface area (Å²) < 4.78 is 6.98. The van der Waals surface area contributed by atoms with Crippen molar-refractivity contribution < 1.29 is 9.53 Å². The van der Waals surface area contributed by atoms with Gasteiger partial charge in [0.05, 0.1) is 22.6 Å². The molecular formula is C25H31ClN10O2. The Kier molecular flexibility index (Phi) is 7.70. The van der Waals surface area contributed by atoms with E-state index in [0.29, 0.717) is 78.2 Å². The second-order valence-electron chi connectivity index (χ2n) is 9.36. The lowest BCUT2D eigenvalue weighted by molar-refractivity contribution is -0.136. The predicted octanol–water partition coefficient (Wildman–Crippen LogP) is 3.17. The molecule has 1 amide bonds. The van der Waals surface area contributed by atoms with Gasteiger partial charge in [-0.05, 0) is 37.0 Å². The molecule has 1 aliphatic heterocycles. The van der Waals surface area contributed by atoms with Crippen molar-refractivity contribution in [3.63, 3.8) is 0 Å². The van der Waals surface area contributed by atoms with Gasteiger partial charge in [-0.15, -0.1) is 5.10 Å². The highest BCUT2D eigenvalue weighted by Crippen LogP contribution is 2.36. The van der Waals surface area contributed by atoms with Crippen LogP contribution in [0.3, 0.4) is 0 Å². The van der Waals surface area contributed by atoms with E-state index in [1.54, 1.807) is 16.8 Å². The number of halogens is 1. The Morgan fingerprint density at radius 2 is 2.00 bits per heavy atom. The van der Waals surface area contributed by atoms with Crippen LogP contribution < -0.4 is 15.5 Å². The zero-order valence-electron chi connectivity index (χ0n) is 21.2. The van der Waals surface area contributed by atoms with Gasteiger partial charge in [-0.3, -0.25) is 4.79 Å². The quantitative estimate of drug-likeness (QED) is 0.215. The number of carbonyl (C=O) groups is 1. The number of fused-ring (bicyclic) bond motifs is 1. The number of anilines is 4. The first-order chi connectivity index (χ1) is 18.5. The third kappa shape index (κ3) is 5.55. The van der Waals surface area contributed by atoms with Gasteiger partial charge in [-0.1, -0.05) is 18.5 Å². The zero-order chi connectivity index (χ0) is 26.6. The number of hydrogen-bond donors (Lipinski definition) is 4. The zero-order valence-corrected chi connectivity index (χ0v) is 22.0. The molecule has 0 radical (unpaired) electrons. The predicted molar refractivity (Wildman–Crippen MR) is 148 cm³/mol. The van der Waals surface area contributed by atoms with Crippen LogP contribution in [-0.2, 0) is 9.53 Å². The fourth-order valence-corrected chi connectivity index (χ4v) is 4.59. The topological polar surface area (TPSA) is 148 Å². The standard InChI is InChI=1S/C25H31ClN10O2/c1-2-9-38-15-21(37)35-7-5-34(6-8-35)20-11-16(12-27)10-19(22(20)26)31-25-32-23(30-17-3-4-17)24-29-14-18(13-28)36(24)33-25/h10-14,17,27-28H,2-9,15H2,1H3,(H2,30,31,32,33). The van der Waals surface area contributed by atoms with Gasteiger partial charge in [0.15, 0.2) is 11.5 Å². The molecule has 2 fully saturated rings. The lowest BCUT2D eigenvalue weighted by atomic mass is 10.1. The van der Waals surface area contributed by atoms with E-state index < -0.39 is 0 Å². The summed E-state index contributed by atoms with van der Waals surface area (Å²) >= 11 is 6.89. The minimum absolute atomic E-state index is 0.00765. The Morgan fingerprint density at radius 3 is 2.68 bits per heavy atom. The molecule has 13 heteroatoms. The maximum absolute atomic E-state index is 12.4. The Hall–Kier alpha value is -3.77. The van der Waals surface area contributed by atoms with Crippen molar-refractivity contribution >= 4 is 58.7 Å². The number of rotatable bonds is 11. The fourth-order valence-electron chi connectivity index (χ4n) is 4.32. The van der Waals surface area contributed by atoms with E-state index in [4.69, 9.17) is 27.2 Å². The molecule has 4 N–H and O–H groups in total.